The first-order valence-electron chi connectivity index (χ1n) is 6.47. The molecule has 1 unspecified atom stereocenters. The Bertz CT molecular complexity index is 690. The van der Waals surface area contributed by atoms with Gasteiger partial charge >= 0.3 is 0 Å². The minimum atomic E-state index is -0.575. The van der Waals surface area contributed by atoms with E-state index in [0.29, 0.717) is 18.0 Å². The van der Waals surface area contributed by atoms with Gasteiger partial charge in [-0.25, -0.2) is 5.01 Å². The predicted molar refractivity (Wildman–Crippen MR) is 73.1 cm³/mol. The van der Waals surface area contributed by atoms with Gasteiger partial charge in [-0.05, 0) is 19.1 Å². The van der Waals surface area contributed by atoms with Gasteiger partial charge in [-0.2, -0.15) is 5.10 Å². The lowest BCUT2D eigenvalue weighted by Crippen LogP contribution is -2.41. The van der Waals surface area contributed by atoms with Crippen LogP contribution in [0.3, 0.4) is 0 Å². The van der Waals surface area contributed by atoms with E-state index in [1.807, 2.05) is 13.0 Å². The Morgan fingerprint density at radius 1 is 1.52 bits per heavy atom. The van der Waals surface area contributed by atoms with Crippen LogP contribution < -0.4 is 10.7 Å². The van der Waals surface area contributed by atoms with Gasteiger partial charge in [0.15, 0.2) is 11.5 Å². The minimum Gasteiger partial charge on any atom is -0.460 e. The Kier molecular flexibility index (Phi) is 3.22. The average molecular weight is 289 g/mol. The second-order valence-electron chi connectivity index (χ2n) is 4.96. The molecule has 2 amide bonds. The molecule has 8 nitrogen and oxygen atoms in total. The standard InChI is InChI=1S/C13H15N5O3/c1-7-3-4-11(21-7)8-5-9(16-15-8)12(19)14-10-6-18(2)17-13(10)20/h3-5,10H,6H2,1-2H3,(H,14,19)(H,15,16)(H,17,20). The molecular formula is C13H15N5O3. The van der Waals surface area contributed by atoms with Crippen molar-refractivity contribution in [3.05, 3.63) is 29.7 Å². The van der Waals surface area contributed by atoms with Crippen LogP contribution >= 0.6 is 0 Å². The van der Waals surface area contributed by atoms with Crippen molar-refractivity contribution in [2.45, 2.75) is 13.0 Å². The van der Waals surface area contributed by atoms with Crippen LogP contribution in [-0.4, -0.2) is 46.7 Å². The third kappa shape index (κ3) is 2.65. The monoisotopic (exact) mass is 289 g/mol. The number of nitrogens with zero attached hydrogens (tertiary/aromatic N) is 2. The van der Waals surface area contributed by atoms with Crippen LogP contribution in [0.1, 0.15) is 16.2 Å². The van der Waals surface area contributed by atoms with Crippen LogP contribution in [-0.2, 0) is 4.79 Å². The van der Waals surface area contributed by atoms with Crippen LogP contribution in [0.5, 0.6) is 0 Å². The highest BCUT2D eigenvalue weighted by Gasteiger charge is 2.30. The lowest BCUT2D eigenvalue weighted by molar-refractivity contribution is -0.122. The fourth-order valence-corrected chi connectivity index (χ4v) is 2.16. The Morgan fingerprint density at radius 3 is 2.95 bits per heavy atom. The summed E-state index contributed by atoms with van der Waals surface area (Å²) in [6.45, 7) is 2.25. The number of nitrogens with one attached hydrogen (secondary N) is 3. The summed E-state index contributed by atoms with van der Waals surface area (Å²) in [7, 11) is 1.73. The number of aromatic amines is 1. The van der Waals surface area contributed by atoms with E-state index in [1.165, 1.54) is 0 Å². The summed E-state index contributed by atoms with van der Waals surface area (Å²) in [4.78, 5) is 23.7. The number of hydrogen-bond donors (Lipinski definition) is 3. The van der Waals surface area contributed by atoms with Crippen LogP contribution in [0.2, 0.25) is 0 Å². The molecule has 1 fully saturated rings. The topological polar surface area (TPSA) is 103 Å². The average Bonchev–Trinajstić information content (AvgIpc) is 3.11. The number of likely N-dealkylation sites (N-methyl/N-ethyl adjacent to an activating group) is 1. The van der Waals surface area contributed by atoms with Gasteiger partial charge in [-0.15, -0.1) is 0 Å². The lowest BCUT2D eigenvalue weighted by atomic mass is 10.2. The Balaban J connectivity index is 1.71. The first-order chi connectivity index (χ1) is 10.0. The largest absolute Gasteiger partial charge is 0.460 e. The zero-order valence-electron chi connectivity index (χ0n) is 11.6. The van der Waals surface area contributed by atoms with Crippen LogP contribution in [0, 0.1) is 6.92 Å². The second kappa shape index (κ2) is 5.06. The number of furan rings is 1. The molecule has 3 N–H and O–H groups in total. The van der Waals surface area contributed by atoms with Gasteiger partial charge in [0.1, 0.15) is 17.5 Å². The summed E-state index contributed by atoms with van der Waals surface area (Å²) in [5, 5.41) is 11.0. The van der Waals surface area contributed by atoms with Crippen molar-refractivity contribution in [1.82, 2.24) is 25.9 Å². The van der Waals surface area contributed by atoms with Crippen molar-refractivity contribution in [2.24, 2.45) is 0 Å². The maximum absolute atomic E-state index is 12.1. The zero-order chi connectivity index (χ0) is 15.0. The number of aryl methyl sites for hydroxylation is 1. The van der Waals surface area contributed by atoms with Gasteiger partial charge in [0, 0.05) is 19.7 Å². The van der Waals surface area contributed by atoms with E-state index in [9.17, 15) is 9.59 Å². The SMILES string of the molecule is Cc1ccc(-c2cc(C(=O)NC3CN(C)NC3=O)n[nH]2)o1. The van der Waals surface area contributed by atoms with Gasteiger partial charge in [0.2, 0.25) is 0 Å². The first-order valence-corrected chi connectivity index (χ1v) is 6.47. The van der Waals surface area contributed by atoms with Crippen LogP contribution in [0.15, 0.2) is 22.6 Å². The maximum Gasteiger partial charge on any atom is 0.272 e. The second-order valence-corrected chi connectivity index (χ2v) is 4.96. The van der Waals surface area contributed by atoms with Gasteiger partial charge in [-0.1, -0.05) is 0 Å². The van der Waals surface area contributed by atoms with E-state index in [1.54, 1.807) is 24.2 Å². The maximum atomic E-state index is 12.1. The molecule has 3 heterocycles. The molecule has 21 heavy (non-hydrogen) atoms. The number of carbonyl (C=O) groups is 2. The summed E-state index contributed by atoms with van der Waals surface area (Å²) in [5.41, 5.74) is 3.42. The van der Waals surface area contributed by atoms with Crippen LogP contribution in [0.25, 0.3) is 11.5 Å². The van der Waals surface area contributed by atoms with E-state index >= 15 is 0 Å². The van der Waals surface area contributed by atoms with Gasteiger partial charge in [0.05, 0.1) is 0 Å². The third-order valence-electron chi connectivity index (χ3n) is 3.20. The molecule has 0 spiro atoms. The van der Waals surface area contributed by atoms with E-state index in [-0.39, 0.29) is 11.6 Å². The van der Waals surface area contributed by atoms with Crippen molar-refractivity contribution in [1.29, 1.82) is 0 Å². The Hall–Kier alpha value is -2.61. The van der Waals surface area contributed by atoms with Crippen LogP contribution in [0.4, 0.5) is 0 Å². The van der Waals surface area contributed by atoms with Crippen molar-refractivity contribution in [3.63, 3.8) is 0 Å². The molecule has 8 heteroatoms. The van der Waals surface area contributed by atoms with E-state index in [4.69, 9.17) is 4.42 Å². The summed E-state index contributed by atoms with van der Waals surface area (Å²) in [6, 6.07) is 4.64. The third-order valence-corrected chi connectivity index (χ3v) is 3.20. The molecule has 0 bridgehead atoms. The smallest absolute Gasteiger partial charge is 0.272 e. The highest BCUT2D eigenvalue weighted by atomic mass is 16.3. The molecule has 1 atom stereocenters. The molecule has 1 aliphatic rings. The molecule has 3 rings (SSSR count). The summed E-state index contributed by atoms with van der Waals surface area (Å²) < 4.78 is 5.45. The molecule has 1 aliphatic heterocycles. The molecule has 0 aromatic carbocycles. The normalized spacial score (nSPS) is 18.8. The van der Waals surface area contributed by atoms with E-state index in [0.717, 1.165) is 5.76 Å². The Labute approximate surface area is 120 Å². The number of carbonyl (C=O) groups excluding carboxylic acids is 2. The van der Waals surface area contributed by atoms with Gasteiger partial charge in [0.25, 0.3) is 11.8 Å². The molecule has 1 saturated heterocycles. The van der Waals surface area contributed by atoms with Crippen molar-refractivity contribution in [3.8, 4) is 11.5 Å². The lowest BCUT2D eigenvalue weighted by Gasteiger charge is -2.07. The predicted octanol–water partition coefficient (Wildman–Crippen LogP) is 0.0531. The molecule has 0 saturated carbocycles. The van der Waals surface area contributed by atoms with Crippen molar-refractivity contribution < 1.29 is 14.0 Å². The number of amides is 2. The number of aromatic nitrogens is 2. The fraction of sp³-hybridized carbons (Fsp3) is 0.308. The molecule has 0 radical (unpaired) electrons. The van der Waals surface area contributed by atoms with E-state index < -0.39 is 11.9 Å². The summed E-state index contributed by atoms with van der Waals surface area (Å²) in [5.74, 6) is 0.744. The quantitative estimate of drug-likeness (QED) is 0.741. The summed E-state index contributed by atoms with van der Waals surface area (Å²) >= 11 is 0. The highest BCUT2D eigenvalue weighted by Crippen LogP contribution is 2.20. The van der Waals surface area contributed by atoms with E-state index in [2.05, 4.69) is 20.9 Å². The number of H-pyrrole nitrogens is 1. The molecule has 110 valence electrons. The van der Waals surface area contributed by atoms with Crippen molar-refractivity contribution in [2.75, 3.05) is 13.6 Å². The molecule has 2 aromatic heterocycles. The summed E-state index contributed by atoms with van der Waals surface area (Å²) in [6.07, 6.45) is 0. The first kappa shape index (κ1) is 13.4. The van der Waals surface area contributed by atoms with Crippen molar-refractivity contribution >= 4 is 11.8 Å². The highest BCUT2D eigenvalue weighted by molar-refractivity contribution is 5.97. The van der Waals surface area contributed by atoms with Gasteiger partial charge in [-0.3, -0.25) is 20.1 Å². The minimum absolute atomic E-state index is 0.210. The number of hydrazine groups is 1. The fourth-order valence-electron chi connectivity index (χ4n) is 2.16. The zero-order valence-corrected chi connectivity index (χ0v) is 11.6. The number of hydrogen-bond acceptors (Lipinski definition) is 5. The molecule has 2 aromatic rings. The Morgan fingerprint density at radius 2 is 2.33 bits per heavy atom. The molecular weight excluding hydrogens is 274 g/mol. The molecule has 0 aliphatic carbocycles. The number of rotatable bonds is 3. The van der Waals surface area contributed by atoms with Gasteiger partial charge < -0.3 is 9.73 Å².